The molecule has 2 fully saturated rings. The van der Waals surface area contributed by atoms with Crippen molar-refractivity contribution in [1.82, 2.24) is 24.8 Å². The highest BCUT2D eigenvalue weighted by atomic mass is 19.4. The van der Waals surface area contributed by atoms with Gasteiger partial charge in [-0.25, -0.2) is 8.91 Å². The summed E-state index contributed by atoms with van der Waals surface area (Å²) in [6, 6.07) is 4.17. The third-order valence-corrected chi connectivity index (χ3v) is 6.36. The first-order valence-corrected chi connectivity index (χ1v) is 11.1. The van der Waals surface area contributed by atoms with Crippen LogP contribution in [0.3, 0.4) is 0 Å². The number of hydrogen-bond acceptors (Lipinski definition) is 4. The van der Waals surface area contributed by atoms with Gasteiger partial charge in [0.2, 0.25) is 0 Å². The van der Waals surface area contributed by atoms with E-state index in [-0.39, 0.29) is 30.2 Å². The Balaban J connectivity index is 1.45. The van der Waals surface area contributed by atoms with Gasteiger partial charge in [0.1, 0.15) is 11.3 Å². The van der Waals surface area contributed by atoms with Crippen molar-refractivity contribution < 1.29 is 22.4 Å². The molecule has 1 aliphatic carbocycles. The SMILES string of the molecule is Cc1ccc(-c2cn3nc(C(=O)NC4CCN(CC(F)(F)F)C4)c(C4CC4)c3c(=O)[nH]2)cc1F. The van der Waals surface area contributed by atoms with Gasteiger partial charge in [-0.15, -0.1) is 0 Å². The summed E-state index contributed by atoms with van der Waals surface area (Å²) >= 11 is 0. The number of nitrogens with one attached hydrogen (secondary N) is 2. The first-order valence-electron chi connectivity index (χ1n) is 11.1. The van der Waals surface area contributed by atoms with E-state index in [0.717, 1.165) is 12.8 Å². The molecule has 11 heteroatoms. The van der Waals surface area contributed by atoms with Gasteiger partial charge in [-0.1, -0.05) is 12.1 Å². The first kappa shape index (κ1) is 22.6. The third-order valence-electron chi connectivity index (χ3n) is 6.36. The number of H-pyrrole nitrogens is 1. The quantitative estimate of drug-likeness (QED) is 0.552. The lowest BCUT2D eigenvalue weighted by molar-refractivity contribution is -0.143. The van der Waals surface area contributed by atoms with Gasteiger partial charge in [-0.2, -0.15) is 18.3 Å². The van der Waals surface area contributed by atoms with Crippen molar-refractivity contribution in [2.24, 2.45) is 0 Å². The molecule has 34 heavy (non-hydrogen) atoms. The molecule has 1 aromatic carbocycles. The number of aryl methyl sites for hydroxylation is 1. The fourth-order valence-electron chi connectivity index (χ4n) is 4.54. The lowest BCUT2D eigenvalue weighted by Gasteiger charge is -2.18. The topological polar surface area (TPSA) is 82.5 Å². The van der Waals surface area contributed by atoms with Gasteiger partial charge in [0.05, 0.1) is 18.4 Å². The van der Waals surface area contributed by atoms with E-state index >= 15 is 0 Å². The van der Waals surface area contributed by atoms with Crippen LogP contribution in [-0.4, -0.2) is 57.3 Å². The Labute approximate surface area is 191 Å². The lowest BCUT2D eigenvalue weighted by Crippen LogP contribution is -2.39. The molecule has 5 rings (SSSR count). The number of hydrogen-bond donors (Lipinski definition) is 2. The maximum Gasteiger partial charge on any atom is 0.401 e. The number of rotatable bonds is 5. The molecule has 180 valence electrons. The van der Waals surface area contributed by atoms with E-state index in [9.17, 15) is 27.2 Å². The Kier molecular flexibility index (Phi) is 5.46. The molecule has 3 heterocycles. The van der Waals surface area contributed by atoms with Crippen LogP contribution in [0.2, 0.25) is 0 Å². The Bertz CT molecular complexity index is 1330. The van der Waals surface area contributed by atoms with Gasteiger partial charge in [0.15, 0.2) is 5.69 Å². The largest absolute Gasteiger partial charge is 0.401 e. The second-order valence-corrected chi connectivity index (χ2v) is 9.10. The summed E-state index contributed by atoms with van der Waals surface area (Å²) in [5.74, 6) is -0.895. The predicted octanol–water partition coefficient (Wildman–Crippen LogP) is 3.38. The van der Waals surface area contributed by atoms with Crippen LogP contribution in [-0.2, 0) is 0 Å². The van der Waals surface area contributed by atoms with E-state index in [4.69, 9.17) is 0 Å². The number of carbonyl (C=O) groups excluding carboxylic acids is 1. The number of aromatic nitrogens is 3. The Morgan fingerprint density at radius 2 is 2.03 bits per heavy atom. The zero-order valence-corrected chi connectivity index (χ0v) is 18.4. The monoisotopic (exact) mass is 477 g/mol. The summed E-state index contributed by atoms with van der Waals surface area (Å²) in [6.45, 7) is 0.958. The Hall–Kier alpha value is -3.21. The molecule has 0 bridgehead atoms. The van der Waals surface area contributed by atoms with Gasteiger partial charge in [-0.05, 0) is 43.7 Å². The maximum atomic E-state index is 14.0. The predicted molar refractivity (Wildman–Crippen MR) is 116 cm³/mol. The average Bonchev–Trinajstić information content (AvgIpc) is 3.38. The summed E-state index contributed by atoms with van der Waals surface area (Å²) in [5, 5.41) is 7.17. The molecule has 2 aliphatic rings. The summed E-state index contributed by atoms with van der Waals surface area (Å²) < 4.78 is 53.4. The average molecular weight is 477 g/mol. The number of halogens is 4. The maximum absolute atomic E-state index is 14.0. The summed E-state index contributed by atoms with van der Waals surface area (Å²) in [5.41, 5.74) is 1.76. The number of nitrogens with zero attached hydrogens (tertiary/aromatic N) is 3. The molecule has 1 atom stereocenters. The van der Waals surface area contributed by atoms with Crippen molar-refractivity contribution in [3.63, 3.8) is 0 Å². The molecule has 1 saturated heterocycles. The van der Waals surface area contributed by atoms with Crippen LogP contribution in [0.5, 0.6) is 0 Å². The van der Waals surface area contributed by atoms with Gasteiger partial charge in [0.25, 0.3) is 11.5 Å². The van der Waals surface area contributed by atoms with Crippen molar-refractivity contribution >= 4 is 11.4 Å². The number of likely N-dealkylation sites (tertiary alicyclic amines) is 1. The van der Waals surface area contributed by atoms with Crippen LogP contribution in [0.1, 0.15) is 46.8 Å². The molecule has 2 aromatic heterocycles. The van der Waals surface area contributed by atoms with E-state index in [0.29, 0.717) is 28.8 Å². The summed E-state index contributed by atoms with van der Waals surface area (Å²) in [7, 11) is 0. The highest BCUT2D eigenvalue weighted by Crippen LogP contribution is 2.43. The minimum atomic E-state index is -4.29. The molecule has 7 nitrogen and oxygen atoms in total. The molecule has 1 amide bonds. The van der Waals surface area contributed by atoms with Gasteiger partial charge in [-0.3, -0.25) is 14.5 Å². The van der Waals surface area contributed by atoms with Crippen molar-refractivity contribution in [1.29, 1.82) is 0 Å². The number of alkyl halides is 3. The fraction of sp³-hybridized carbons (Fsp3) is 0.435. The van der Waals surface area contributed by atoms with Crippen molar-refractivity contribution in [2.75, 3.05) is 19.6 Å². The van der Waals surface area contributed by atoms with Gasteiger partial charge < -0.3 is 10.3 Å². The number of aromatic amines is 1. The van der Waals surface area contributed by atoms with Gasteiger partial charge in [0, 0.05) is 30.3 Å². The highest BCUT2D eigenvalue weighted by molar-refractivity contribution is 5.96. The van der Waals surface area contributed by atoms with Crippen molar-refractivity contribution in [3.8, 4) is 11.3 Å². The van der Waals surface area contributed by atoms with Crippen molar-refractivity contribution in [2.45, 2.75) is 44.3 Å². The first-order chi connectivity index (χ1) is 16.1. The molecular formula is C23H23F4N5O2. The van der Waals surface area contributed by atoms with Crippen LogP contribution in [0.25, 0.3) is 16.8 Å². The van der Waals surface area contributed by atoms with Crippen LogP contribution in [0.15, 0.2) is 29.2 Å². The van der Waals surface area contributed by atoms with Crippen molar-refractivity contribution in [3.05, 3.63) is 57.4 Å². The zero-order chi connectivity index (χ0) is 24.2. The fourth-order valence-corrected chi connectivity index (χ4v) is 4.54. The minimum absolute atomic E-state index is 0.0207. The van der Waals surface area contributed by atoms with E-state index in [1.54, 1.807) is 25.3 Å². The lowest BCUT2D eigenvalue weighted by atomic mass is 10.1. The molecular weight excluding hydrogens is 454 g/mol. The molecule has 3 aromatic rings. The summed E-state index contributed by atoms with van der Waals surface area (Å²) in [6.07, 6.45) is -0.718. The summed E-state index contributed by atoms with van der Waals surface area (Å²) in [4.78, 5) is 30.1. The number of fused-ring (bicyclic) bond motifs is 1. The molecule has 2 N–H and O–H groups in total. The second kappa shape index (κ2) is 8.23. The highest BCUT2D eigenvalue weighted by Gasteiger charge is 2.37. The second-order valence-electron chi connectivity index (χ2n) is 9.10. The molecule has 0 radical (unpaired) electrons. The van der Waals surface area contributed by atoms with E-state index < -0.39 is 36.0 Å². The molecule has 1 unspecified atom stereocenters. The third kappa shape index (κ3) is 4.44. The molecule has 0 spiro atoms. The van der Waals surface area contributed by atoms with Crippen LogP contribution in [0, 0.1) is 12.7 Å². The van der Waals surface area contributed by atoms with E-state index in [2.05, 4.69) is 15.4 Å². The number of amides is 1. The number of carbonyl (C=O) groups is 1. The standard InChI is InChI=1S/C23H23F4N5O2/c1-12-2-3-14(8-16(12)24)17-10-32-20(22(34)29-17)18(13-4-5-13)19(30-32)21(33)28-15-6-7-31(9-15)11-23(25,26)27/h2-3,8,10,13,15H,4-7,9,11H2,1H3,(H,28,33)(H,29,34). The van der Waals surface area contributed by atoms with Gasteiger partial charge >= 0.3 is 6.18 Å². The van der Waals surface area contributed by atoms with E-state index in [1.807, 2.05) is 0 Å². The smallest absolute Gasteiger partial charge is 0.347 e. The van der Waals surface area contributed by atoms with Crippen LogP contribution < -0.4 is 10.9 Å². The molecule has 1 saturated carbocycles. The van der Waals surface area contributed by atoms with Crippen LogP contribution >= 0.6 is 0 Å². The Morgan fingerprint density at radius 1 is 1.26 bits per heavy atom. The normalized spacial score (nSPS) is 19.1. The number of benzene rings is 1. The Morgan fingerprint density at radius 3 is 2.71 bits per heavy atom. The zero-order valence-electron chi connectivity index (χ0n) is 18.4. The minimum Gasteiger partial charge on any atom is -0.347 e. The van der Waals surface area contributed by atoms with Crippen LogP contribution in [0.4, 0.5) is 17.6 Å². The van der Waals surface area contributed by atoms with E-state index in [1.165, 1.54) is 15.5 Å². The molecule has 1 aliphatic heterocycles.